The number of carbonyl (C=O) groups excluding carboxylic acids is 1. The van der Waals surface area contributed by atoms with Crippen LogP contribution in [0.2, 0.25) is 0 Å². The highest BCUT2D eigenvalue weighted by atomic mass is 32.1. The van der Waals surface area contributed by atoms with Gasteiger partial charge >= 0.3 is 0 Å². The Hall–Kier alpha value is -2.26. The molecule has 2 aromatic rings. The van der Waals surface area contributed by atoms with Gasteiger partial charge in [-0.2, -0.15) is 5.26 Å². The van der Waals surface area contributed by atoms with Crippen molar-refractivity contribution in [2.45, 2.75) is 39.2 Å². The summed E-state index contributed by atoms with van der Waals surface area (Å²) in [4.78, 5) is 20.9. The highest BCUT2D eigenvalue weighted by Gasteiger charge is 2.25. The summed E-state index contributed by atoms with van der Waals surface area (Å²) in [5.74, 6) is -0.780. The molecule has 0 aliphatic rings. The van der Waals surface area contributed by atoms with Gasteiger partial charge in [-0.05, 0) is 26.3 Å². The average Bonchev–Trinajstić information content (AvgIpc) is 2.94. The molecule has 0 aliphatic carbocycles. The number of ether oxygens (including phenoxy) is 1. The van der Waals surface area contributed by atoms with Gasteiger partial charge in [0.05, 0.1) is 12.2 Å². The van der Waals surface area contributed by atoms with Crippen molar-refractivity contribution < 1.29 is 9.53 Å². The number of hydrogen-bond donors (Lipinski definition) is 0. The van der Waals surface area contributed by atoms with Crippen LogP contribution in [0.25, 0.3) is 0 Å². The maximum atomic E-state index is 12.6. The number of hydrogen-bond acceptors (Lipinski definition) is 6. The Bertz CT molecular complexity index is 705. The average molecular weight is 315 g/mol. The van der Waals surface area contributed by atoms with E-state index in [1.54, 1.807) is 12.1 Å². The number of aromatic nitrogens is 2. The zero-order valence-electron chi connectivity index (χ0n) is 12.7. The molecular weight excluding hydrogens is 298 g/mol. The number of nitrogens with zero attached hydrogens (tertiary/aromatic N) is 3. The molecule has 0 aromatic carbocycles. The van der Waals surface area contributed by atoms with Crippen LogP contribution in [0, 0.1) is 18.3 Å². The van der Waals surface area contributed by atoms with Gasteiger partial charge in [0.15, 0.2) is 11.7 Å². The van der Waals surface area contributed by atoms with Crippen molar-refractivity contribution >= 4 is 17.1 Å². The van der Waals surface area contributed by atoms with Crippen LogP contribution >= 0.6 is 11.3 Å². The van der Waals surface area contributed by atoms with Crippen LogP contribution < -0.4 is 4.74 Å². The van der Waals surface area contributed by atoms with E-state index >= 15 is 0 Å². The number of rotatable bonds is 6. The van der Waals surface area contributed by atoms with Gasteiger partial charge in [0, 0.05) is 28.9 Å². The second-order valence-corrected chi connectivity index (χ2v) is 5.86. The standard InChI is InChI=1S/C16H17N3O2S/c1-4-11(3)21-14-7-12(5-6-18-14)15(20)13(8-17)16-19-10(2)9-22-16/h5-7,9,11,13H,4H2,1-3H3/t11-,13-/m1/s1. The summed E-state index contributed by atoms with van der Waals surface area (Å²) in [6, 6.07) is 5.21. The third-order valence-corrected chi connectivity index (χ3v) is 4.22. The molecule has 5 nitrogen and oxygen atoms in total. The predicted octanol–water partition coefficient (Wildman–Crippen LogP) is 3.51. The quantitative estimate of drug-likeness (QED) is 0.762. The summed E-state index contributed by atoms with van der Waals surface area (Å²) >= 11 is 1.32. The van der Waals surface area contributed by atoms with E-state index < -0.39 is 5.92 Å². The van der Waals surface area contributed by atoms with Gasteiger partial charge in [0.25, 0.3) is 0 Å². The molecule has 0 N–H and O–H groups in total. The third kappa shape index (κ3) is 3.68. The van der Waals surface area contributed by atoms with E-state index in [1.807, 2.05) is 32.2 Å². The Morgan fingerprint density at radius 3 is 2.91 bits per heavy atom. The van der Waals surface area contributed by atoms with Crippen LogP contribution in [0.1, 0.15) is 47.2 Å². The molecule has 22 heavy (non-hydrogen) atoms. The molecule has 2 atom stereocenters. The highest BCUT2D eigenvalue weighted by molar-refractivity contribution is 7.10. The van der Waals surface area contributed by atoms with Gasteiger partial charge in [-0.1, -0.05) is 6.92 Å². The molecular formula is C16H17N3O2S. The minimum absolute atomic E-state index is 0.0197. The molecule has 0 saturated carbocycles. The van der Waals surface area contributed by atoms with E-state index in [0.717, 1.165) is 12.1 Å². The first-order valence-corrected chi connectivity index (χ1v) is 7.91. The van der Waals surface area contributed by atoms with E-state index in [1.165, 1.54) is 17.5 Å². The lowest BCUT2D eigenvalue weighted by molar-refractivity contribution is 0.0977. The SMILES string of the molecule is CC[C@@H](C)Oc1cc(C(=O)[C@@H](C#N)c2nc(C)cs2)ccn1. The highest BCUT2D eigenvalue weighted by Crippen LogP contribution is 2.25. The molecule has 0 amide bonds. The molecule has 0 saturated heterocycles. The van der Waals surface area contributed by atoms with Crippen molar-refractivity contribution in [2.75, 3.05) is 0 Å². The topological polar surface area (TPSA) is 75.9 Å². The van der Waals surface area contributed by atoms with E-state index in [2.05, 4.69) is 9.97 Å². The number of carbonyl (C=O) groups is 1. The van der Waals surface area contributed by atoms with Gasteiger partial charge in [0.1, 0.15) is 5.01 Å². The Kier molecular flexibility index (Phi) is 5.23. The smallest absolute Gasteiger partial charge is 0.214 e. The fourth-order valence-corrected chi connectivity index (χ4v) is 2.65. The largest absolute Gasteiger partial charge is 0.475 e. The first-order valence-electron chi connectivity index (χ1n) is 7.03. The van der Waals surface area contributed by atoms with E-state index in [-0.39, 0.29) is 11.9 Å². The van der Waals surface area contributed by atoms with Crippen molar-refractivity contribution in [2.24, 2.45) is 0 Å². The second-order valence-electron chi connectivity index (χ2n) is 4.97. The Morgan fingerprint density at radius 2 is 2.32 bits per heavy atom. The molecule has 6 heteroatoms. The number of nitriles is 1. The van der Waals surface area contributed by atoms with Crippen LogP contribution in [0.15, 0.2) is 23.7 Å². The number of aryl methyl sites for hydroxylation is 1. The fourth-order valence-electron chi connectivity index (χ4n) is 1.81. The zero-order valence-corrected chi connectivity index (χ0v) is 13.6. The van der Waals surface area contributed by atoms with Gasteiger partial charge in [0.2, 0.25) is 5.88 Å². The Morgan fingerprint density at radius 1 is 1.55 bits per heavy atom. The minimum Gasteiger partial charge on any atom is -0.475 e. The number of Topliss-reactive ketones (excluding diaryl/α,β-unsaturated/α-hetero) is 1. The van der Waals surface area contributed by atoms with Gasteiger partial charge in [-0.3, -0.25) is 4.79 Å². The Balaban J connectivity index is 2.25. The lowest BCUT2D eigenvalue weighted by atomic mass is 10.0. The summed E-state index contributed by atoms with van der Waals surface area (Å²) in [6.07, 6.45) is 2.39. The summed E-state index contributed by atoms with van der Waals surface area (Å²) < 4.78 is 5.62. The van der Waals surface area contributed by atoms with Gasteiger partial charge in [-0.25, -0.2) is 9.97 Å². The Labute approximate surface area is 133 Å². The molecule has 0 bridgehead atoms. The summed E-state index contributed by atoms with van der Waals surface area (Å²) in [6.45, 7) is 5.78. The molecule has 0 unspecified atom stereocenters. The number of pyridine rings is 1. The number of thiazole rings is 1. The molecule has 2 rings (SSSR count). The van der Waals surface area contributed by atoms with E-state index in [0.29, 0.717) is 16.5 Å². The zero-order chi connectivity index (χ0) is 16.1. The van der Waals surface area contributed by atoms with Crippen molar-refractivity contribution in [3.63, 3.8) is 0 Å². The maximum Gasteiger partial charge on any atom is 0.214 e. The van der Waals surface area contributed by atoms with Crippen LogP contribution in [-0.2, 0) is 0 Å². The molecule has 0 spiro atoms. The monoisotopic (exact) mass is 315 g/mol. The van der Waals surface area contributed by atoms with Crippen LogP contribution in [-0.4, -0.2) is 21.9 Å². The molecule has 0 fully saturated rings. The first-order chi connectivity index (χ1) is 10.5. The summed E-state index contributed by atoms with van der Waals surface area (Å²) in [5, 5.41) is 11.7. The third-order valence-electron chi connectivity index (χ3n) is 3.19. The first kappa shape index (κ1) is 16.1. The normalized spacial score (nSPS) is 13.2. The van der Waals surface area contributed by atoms with Crippen LogP contribution in [0.3, 0.4) is 0 Å². The molecule has 114 valence electrons. The molecule has 0 aliphatic heterocycles. The fraction of sp³-hybridized carbons (Fsp3) is 0.375. The van der Waals surface area contributed by atoms with Crippen molar-refractivity contribution in [3.8, 4) is 11.9 Å². The van der Waals surface area contributed by atoms with E-state index in [9.17, 15) is 10.1 Å². The summed E-state index contributed by atoms with van der Waals surface area (Å²) in [7, 11) is 0. The lowest BCUT2D eigenvalue weighted by Gasteiger charge is -2.12. The van der Waals surface area contributed by atoms with Crippen LogP contribution in [0.5, 0.6) is 5.88 Å². The van der Waals surface area contributed by atoms with Crippen molar-refractivity contribution in [1.82, 2.24) is 9.97 Å². The van der Waals surface area contributed by atoms with E-state index in [4.69, 9.17) is 4.74 Å². The minimum atomic E-state index is -0.891. The lowest BCUT2D eigenvalue weighted by Crippen LogP contribution is -2.14. The van der Waals surface area contributed by atoms with Crippen LogP contribution in [0.4, 0.5) is 0 Å². The van der Waals surface area contributed by atoms with Crippen molar-refractivity contribution in [3.05, 3.63) is 40.0 Å². The van der Waals surface area contributed by atoms with Gasteiger partial charge < -0.3 is 4.74 Å². The van der Waals surface area contributed by atoms with Crippen molar-refractivity contribution in [1.29, 1.82) is 5.26 Å². The van der Waals surface area contributed by atoms with Gasteiger partial charge in [-0.15, -0.1) is 11.3 Å². The maximum absolute atomic E-state index is 12.6. The molecule has 0 radical (unpaired) electrons. The predicted molar refractivity (Wildman–Crippen MR) is 84.2 cm³/mol. The number of ketones is 1. The molecule has 2 aromatic heterocycles. The summed E-state index contributed by atoms with van der Waals surface area (Å²) in [5.41, 5.74) is 1.22. The molecule has 2 heterocycles. The second kappa shape index (κ2) is 7.14.